The Morgan fingerprint density at radius 1 is 1.09 bits per heavy atom. The Hall–Kier alpha value is -4.25. The van der Waals surface area contributed by atoms with E-state index in [1.807, 2.05) is 0 Å². The maximum atomic E-state index is 14.4. The van der Waals surface area contributed by atoms with Crippen molar-refractivity contribution in [1.29, 1.82) is 0 Å². The van der Waals surface area contributed by atoms with Gasteiger partial charge in [0.15, 0.2) is 11.5 Å². The lowest BCUT2D eigenvalue weighted by molar-refractivity contribution is -0.991. The zero-order valence-electron chi connectivity index (χ0n) is 18.3. The van der Waals surface area contributed by atoms with E-state index in [1.165, 1.54) is 48.5 Å². The van der Waals surface area contributed by atoms with Crippen LogP contribution in [0.15, 0.2) is 66.7 Å². The molecule has 4 rings (SSSR count). The normalized spacial score (nSPS) is 16.1. The summed E-state index contributed by atoms with van der Waals surface area (Å²) in [6, 6.07) is 15.0. The van der Waals surface area contributed by atoms with E-state index in [9.17, 15) is 34.0 Å². The highest BCUT2D eigenvalue weighted by molar-refractivity contribution is 6.45. The zero-order valence-corrected chi connectivity index (χ0v) is 18.3. The van der Waals surface area contributed by atoms with E-state index in [1.54, 1.807) is 19.1 Å². The number of esters is 1. The van der Waals surface area contributed by atoms with Gasteiger partial charge in [0, 0.05) is 17.7 Å². The van der Waals surface area contributed by atoms with Crippen LogP contribution in [0.4, 0.5) is 15.8 Å². The first-order chi connectivity index (χ1) is 16.7. The molecule has 3 N–H and O–H groups in total. The molecule has 1 amide bonds. The van der Waals surface area contributed by atoms with E-state index in [-0.39, 0.29) is 22.5 Å². The van der Waals surface area contributed by atoms with E-state index in [4.69, 9.17) is 4.74 Å². The number of cyclic esters (lactones) is 1. The van der Waals surface area contributed by atoms with Crippen molar-refractivity contribution >= 4 is 34.8 Å². The molecule has 0 aliphatic carbocycles. The number of Topliss-reactive ketones (excluding diaryl/α,β-unsaturated/α-hetero) is 2. The summed E-state index contributed by atoms with van der Waals surface area (Å²) in [5.41, 5.74) is 0.286. The maximum absolute atomic E-state index is 14.4. The van der Waals surface area contributed by atoms with Crippen LogP contribution in [0, 0.1) is 23.9 Å². The number of hydrogen-bond donors (Lipinski definition) is 3. The fraction of sp³-hybridized carbons (Fsp3) is 0.120. The predicted molar refractivity (Wildman–Crippen MR) is 119 cm³/mol. The number of ether oxygens (including phenoxy) is 1. The van der Waals surface area contributed by atoms with Crippen molar-refractivity contribution < 1.29 is 38.7 Å². The van der Waals surface area contributed by atoms with E-state index < -0.39 is 52.1 Å². The minimum Gasteiger partial charge on any atom is -0.595 e. The molecule has 3 unspecified atom stereocenters. The second-order valence-electron chi connectivity index (χ2n) is 7.89. The summed E-state index contributed by atoms with van der Waals surface area (Å²) >= 11 is 0. The lowest BCUT2D eigenvalue weighted by atomic mass is 9.84. The van der Waals surface area contributed by atoms with Crippen molar-refractivity contribution in [3.63, 3.8) is 0 Å². The number of benzene rings is 3. The quantitative estimate of drug-likeness (QED) is 0.156. The Balaban J connectivity index is 1.73. The summed E-state index contributed by atoms with van der Waals surface area (Å²) in [6.45, 7) is 1.59. The van der Waals surface area contributed by atoms with Crippen molar-refractivity contribution in [1.82, 2.24) is 0 Å². The number of halogens is 1. The van der Waals surface area contributed by atoms with E-state index in [2.05, 4.69) is 5.32 Å². The van der Waals surface area contributed by atoms with Gasteiger partial charge >= 0.3 is 5.97 Å². The number of amides is 1. The number of carbonyl (C=O) groups excluding carboxylic acids is 4. The molecule has 0 aromatic heterocycles. The van der Waals surface area contributed by atoms with Gasteiger partial charge < -0.3 is 15.3 Å². The molecule has 0 bridgehead atoms. The van der Waals surface area contributed by atoms with Gasteiger partial charge in [-0.05, 0) is 30.7 Å². The number of ketones is 2. The topological polar surface area (TPSA) is 137 Å². The fourth-order valence-corrected chi connectivity index (χ4v) is 3.86. The van der Waals surface area contributed by atoms with Crippen LogP contribution in [0.1, 0.15) is 37.9 Å². The average Bonchev–Trinajstić information content (AvgIpc) is 3.16. The van der Waals surface area contributed by atoms with Crippen LogP contribution in [0.25, 0.3) is 0 Å². The van der Waals surface area contributed by atoms with E-state index >= 15 is 0 Å². The lowest BCUT2D eigenvalue weighted by Gasteiger charge is -2.21. The SMILES string of the molecule is Cc1ccc([NH+]([O-])O)cc1NC(=O)C(=O)C(C(=O)c1ccccc1F)C1OC(=O)c2ccccc21. The van der Waals surface area contributed by atoms with Gasteiger partial charge in [-0.3, -0.25) is 14.4 Å². The first-order valence-electron chi connectivity index (χ1n) is 10.5. The molecule has 35 heavy (non-hydrogen) atoms. The third-order valence-electron chi connectivity index (χ3n) is 5.68. The first kappa shape index (κ1) is 23.9. The number of aryl methyl sites for hydroxylation is 1. The monoisotopic (exact) mass is 478 g/mol. The highest BCUT2D eigenvalue weighted by Crippen LogP contribution is 2.38. The molecule has 1 aliphatic rings. The number of nitrogens with one attached hydrogen (secondary N) is 2. The number of rotatable bonds is 7. The van der Waals surface area contributed by atoms with Crippen LogP contribution in [0.5, 0.6) is 0 Å². The van der Waals surface area contributed by atoms with Gasteiger partial charge in [-0.2, -0.15) is 5.23 Å². The Morgan fingerprint density at radius 2 is 1.77 bits per heavy atom. The summed E-state index contributed by atoms with van der Waals surface area (Å²) in [4.78, 5) is 52.0. The highest BCUT2D eigenvalue weighted by Gasteiger charge is 2.46. The van der Waals surface area contributed by atoms with Crippen molar-refractivity contribution in [2.45, 2.75) is 13.0 Å². The molecule has 9 nitrogen and oxygen atoms in total. The van der Waals surface area contributed by atoms with Crippen molar-refractivity contribution in [2.24, 2.45) is 5.92 Å². The largest absolute Gasteiger partial charge is 0.595 e. The van der Waals surface area contributed by atoms with Gasteiger partial charge in [0.2, 0.25) is 5.78 Å². The second kappa shape index (κ2) is 9.55. The standard InChI is InChI=1S/C25H19FN2O7/c1-13-10-11-14(28(33)34)12-19(13)27-24(31)22(30)20(21(29)17-8-4-5-9-18(17)26)23-15-6-2-3-7-16(15)25(32)35-23/h2-12,20,23,28,33H,1H3,(H,27,31). The molecule has 3 atom stereocenters. The Kier molecular flexibility index (Phi) is 6.52. The number of carbonyl (C=O) groups is 4. The van der Waals surface area contributed by atoms with Crippen LogP contribution in [0.3, 0.4) is 0 Å². The summed E-state index contributed by atoms with van der Waals surface area (Å²) in [5, 5.41) is 21.6. The average molecular weight is 478 g/mol. The van der Waals surface area contributed by atoms with E-state index in [0.717, 1.165) is 6.07 Å². The molecule has 0 saturated heterocycles. The second-order valence-corrected chi connectivity index (χ2v) is 7.89. The maximum Gasteiger partial charge on any atom is 0.339 e. The van der Waals surface area contributed by atoms with Crippen LogP contribution >= 0.6 is 0 Å². The molecule has 3 aromatic rings. The van der Waals surface area contributed by atoms with Crippen LogP contribution in [-0.4, -0.2) is 28.7 Å². The van der Waals surface area contributed by atoms with Crippen LogP contribution < -0.4 is 10.5 Å². The third kappa shape index (κ3) is 4.58. The van der Waals surface area contributed by atoms with Gasteiger partial charge in [0.05, 0.1) is 16.8 Å². The van der Waals surface area contributed by atoms with Gasteiger partial charge in [0.1, 0.15) is 17.8 Å². The Labute approximate surface area is 198 Å². The van der Waals surface area contributed by atoms with Crippen molar-refractivity contribution in [3.05, 3.63) is 100 Å². The molecule has 0 saturated carbocycles. The molecule has 1 heterocycles. The molecule has 10 heteroatoms. The summed E-state index contributed by atoms with van der Waals surface area (Å²) < 4.78 is 19.8. The number of fused-ring (bicyclic) bond motifs is 1. The van der Waals surface area contributed by atoms with Gasteiger partial charge in [-0.15, -0.1) is 0 Å². The predicted octanol–water partition coefficient (Wildman–Crippen LogP) is 2.46. The van der Waals surface area contributed by atoms with Gasteiger partial charge in [0.25, 0.3) is 5.91 Å². The molecule has 0 radical (unpaired) electrons. The number of quaternary nitrogens is 1. The molecular weight excluding hydrogens is 459 g/mol. The van der Waals surface area contributed by atoms with E-state index in [0.29, 0.717) is 5.56 Å². The molecule has 1 aliphatic heterocycles. The summed E-state index contributed by atoms with van der Waals surface area (Å²) in [7, 11) is 0. The minimum absolute atomic E-state index is 0.0455. The van der Waals surface area contributed by atoms with Crippen molar-refractivity contribution in [3.8, 4) is 0 Å². The smallest absolute Gasteiger partial charge is 0.339 e. The van der Waals surface area contributed by atoms with Gasteiger partial charge in [-0.1, -0.05) is 36.4 Å². The van der Waals surface area contributed by atoms with Crippen molar-refractivity contribution in [2.75, 3.05) is 5.32 Å². The zero-order chi connectivity index (χ0) is 25.3. The molecule has 0 fully saturated rings. The molecule has 3 aromatic carbocycles. The minimum atomic E-state index is -1.87. The fourth-order valence-electron chi connectivity index (χ4n) is 3.86. The Bertz CT molecular complexity index is 1360. The molecule has 178 valence electrons. The van der Waals surface area contributed by atoms with Gasteiger partial charge in [-0.25, -0.2) is 14.4 Å². The number of anilines is 1. The third-order valence-corrected chi connectivity index (χ3v) is 5.68. The Morgan fingerprint density at radius 3 is 2.49 bits per heavy atom. The number of hydrogen-bond acceptors (Lipinski definition) is 7. The summed E-state index contributed by atoms with van der Waals surface area (Å²) in [6.07, 6.45) is -1.45. The lowest BCUT2D eigenvalue weighted by Crippen LogP contribution is -2.99. The molecular formula is C25H19FN2O7. The molecule has 0 spiro atoms. The van der Waals surface area contributed by atoms with Crippen LogP contribution in [0.2, 0.25) is 0 Å². The first-order valence-corrected chi connectivity index (χ1v) is 10.5. The van der Waals surface area contributed by atoms with Crippen LogP contribution in [-0.2, 0) is 14.3 Å². The summed E-state index contributed by atoms with van der Waals surface area (Å²) in [5.74, 6) is -7.11. The highest BCUT2D eigenvalue weighted by atomic mass is 19.1.